The average Bonchev–Trinajstić information content (AvgIpc) is 3.85. The van der Waals surface area contributed by atoms with E-state index >= 15 is 0 Å². The van der Waals surface area contributed by atoms with E-state index in [9.17, 15) is 28.4 Å². The molecule has 0 aliphatic carbocycles. The number of aromatic nitrogens is 3. The smallest absolute Gasteiger partial charge is 0.264 e. The molecule has 8 rings (SSSR count). The van der Waals surface area contributed by atoms with Crippen LogP contribution in [0.3, 0.4) is 0 Å². The number of likely N-dealkylation sites (tertiary alicyclic amines) is 2. The van der Waals surface area contributed by atoms with E-state index in [0.717, 1.165) is 74.2 Å². The van der Waals surface area contributed by atoms with Gasteiger partial charge in [0.2, 0.25) is 17.7 Å². The summed E-state index contributed by atoms with van der Waals surface area (Å²) in [6.07, 6.45) is 12.1. The minimum absolute atomic E-state index is 0.0246. The molecule has 4 aromatic rings. The van der Waals surface area contributed by atoms with Gasteiger partial charge in [-0.25, -0.2) is 9.37 Å². The third-order valence-electron chi connectivity index (χ3n) is 12.5. The summed E-state index contributed by atoms with van der Waals surface area (Å²) in [5.41, 5.74) is 9.34. The Balaban J connectivity index is 0.697. The first kappa shape index (κ1) is 44.0. The maximum Gasteiger partial charge on any atom is 0.264 e. The summed E-state index contributed by atoms with van der Waals surface area (Å²) in [4.78, 5) is 73.3. The highest BCUT2D eigenvalue weighted by Crippen LogP contribution is 2.34. The number of unbranched alkanes of at least 4 members (excludes halogenated alkanes) is 3. The fourth-order valence-electron chi connectivity index (χ4n) is 8.88. The van der Waals surface area contributed by atoms with Crippen LogP contribution in [0.2, 0.25) is 10.0 Å². The number of carbonyl (C=O) groups excluding carboxylic acids is 5. The SMILES string of the molecule is Nc1ncc(-c2cnn(C3CCN(C(=O)CCCCCCN4CC(CNc5cccc6c5C(=O)N([C@@H]5CCC(=O)NC5=O)C6=O)C4)CC3)c2)cc1OCCc1c(Cl)ccc(F)c1Cl. The predicted molar refractivity (Wildman–Crippen MR) is 235 cm³/mol. The van der Waals surface area contributed by atoms with Crippen molar-refractivity contribution in [2.24, 2.45) is 5.92 Å². The number of ether oxygens (including phenoxy) is 1. The molecule has 6 heterocycles. The van der Waals surface area contributed by atoms with E-state index in [4.69, 9.17) is 33.7 Å². The number of nitrogens with one attached hydrogen (secondary N) is 2. The lowest BCUT2D eigenvalue weighted by Crippen LogP contribution is -2.54. The highest BCUT2D eigenvalue weighted by atomic mass is 35.5. The molecule has 2 aromatic heterocycles. The van der Waals surface area contributed by atoms with Crippen molar-refractivity contribution in [3.8, 4) is 16.9 Å². The number of fused-ring (bicyclic) bond motifs is 1. The molecular weight excluding hydrogens is 852 g/mol. The number of rotatable bonds is 17. The molecule has 0 saturated carbocycles. The van der Waals surface area contributed by atoms with E-state index in [0.29, 0.717) is 54.0 Å². The second-order valence-electron chi connectivity index (χ2n) is 16.7. The molecule has 3 fully saturated rings. The van der Waals surface area contributed by atoms with E-state index in [1.54, 1.807) is 36.7 Å². The number of piperidine rings is 2. The van der Waals surface area contributed by atoms with Crippen LogP contribution in [-0.2, 0) is 20.8 Å². The standard InChI is InChI=1S/C45H50Cl2FN9O6/c46-33-9-10-34(48)41(47)31(33)15-19-63-37-20-28(22-51-42(37)49)29-23-52-56(26-29)30-13-17-55(18-14-30)39(59)8-3-1-2-4-16-54-24-27(25-54)21-50-35-7-5-6-32-40(35)45(62)57(44(32)61)36-11-12-38(58)53-43(36)60/h5-7,9-10,20,22-23,26-27,30,36,50H,1-4,8,11-19,21,24-25H2,(H2,49,51)(H,53,58,60)/t36-/m1/s1. The molecule has 4 N–H and O–H groups in total. The molecule has 0 spiro atoms. The summed E-state index contributed by atoms with van der Waals surface area (Å²) in [7, 11) is 0. The fraction of sp³-hybridized carbons (Fsp3) is 0.444. The van der Waals surface area contributed by atoms with Gasteiger partial charge in [0.1, 0.15) is 11.9 Å². The number of imide groups is 2. The maximum atomic E-state index is 13.9. The van der Waals surface area contributed by atoms with Gasteiger partial charge in [-0.15, -0.1) is 0 Å². The molecule has 63 heavy (non-hydrogen) atoms. The van der Waals surface area contributed by atoms with Gasteiger partial charge in [-0.2, -0.15) is 5.10 Å². The van der Waals surface area contributed by atoms with Gasteiger partial charge in [0.25, 0.3) is 11.8 Å². The van der Waals surface area contributed by atoms with Crippen LogP contribution in [0.4, 0.5) is 15.9 Å². The maximum absolute atomic E-state index is 13.9. The van der Waals surface area contributed by atoms with E-state index in [-0.39, 0.29) is 59.8 Å². The van der Waals surface area contributed by atoms with Gasteiger partial charge >= 0.3 is 0 Å². The largest absolute Gasteiger partial charge is 0.489 e. The van der Waals surface area contributed by atoms with Crippen LogP contribution in [0.5, 0.6) is 5.75 Å². The van der Waals surface area contributed by atoms with E-state index in [2.05, 4.69) is 25.6 Å². The highest BCUT2D eigenvalue weighted by molar-refractivity contribution is 6.36. The van der Waals surface area contributed by atoms with Gasteiger partial charge in [-0.05, 0) is 74.5 Å². The summed E-state index contributed by atoms with van der Waals surface area (Å²) in [5.74, 6) is -1.36. The Bertz CT molecular complexity index is 2400. The predicted octanol–water partition coefficient (Wildman–Crippen LogP) is 6.15. The van der Waals surface area contributed by atoms with Crippen LogP contribution in [0.25, 0.3) is 11.1 Å². The van der Waals surface area contributed by atoms with Gasteiger partial charge in [0, 0.05) is 92.1 Å². The first-order valence-corrected chi connectivity index (χ1v) is 22.3. The minimum Gasteiger partial charge on any atom is -0.489 e. The number of nitrogen functional groups attached to an aromatic ring is 1. The van der Waals surface area contributed by atoms with Gasteiger partial charge in [-0.1, -0.05) is 42.1 Å². The summed E-state index contributed by atoms with van der Waals surface area (Å²) in [6.45, 7) is 5.07. The van der Waals surface area contributed by atoms with Crippen molar-refractivity contribution >= 4 is 64.2 Å². The zero-order valence-electron chi connectivity index (χ0n) is 34.8. The first-order chi connectivity index (χ1) is 30.4. The molecule has 5 amide bonds. The number of hydrogen-bond acceptors (Lipinski definition) is 11. The number of amides is 5. The van der Waals surface area contributed by atoms with Crippen LogP contribution in [-0.4, -0.2) is 111 Å². The molecule has 4 aliphatic rings. The number of nitrogens with zero attached hydrogens (tertiary/aromatic N) is 6. The molecule has 3 saturated heterocycles. The summed E-state index contributed by atoms with van der Waals surface area (Å²) >= 11 is 12.3. The molecule has 15 nitrogen and oxygen atoms in total. The van der Waals surface area contributed by atoms with Crippen LogP contribution in [0, 0.1) is 11.7 Å². The van der Waals surface area contributed by atoms with Gasteiger partial charge in [0.05, 0.1) is 35.0 Å². The molecule has 2 aromatic carbocycles. The van der Waals surface area contributed by atoms with Gasteiger partial charge in [0.15, 0.2) is 11.6 Å². The fourth-order valence-corrected chi connectivity index (χ4v) is 9.44. The molecule has 0 bridgehead atoms. The van der Waals surface area contributed by atoms with E-state index < -0.39 is 35.5 Å². The summed E-state index contributed by atoms with van der Waals surface area (Å²) in [6, 6.07) is 8.78. The number of hydrogen-bond donors (Lipinski definition) is 3. The number of pyridine rings is 1. The zero-order valence-corrected chi connectivity index (χ0v) is 36.3. The molecule has 0 radical (unpaired) electrons. The van der Waals surface area contributed by atoms with Gasteiger partial charge in [-0.3, -0.25) is 38.9 Å². The number of benzene rings is 2. The second kappa shape index (κ2) is 19.4. The lowest BCUT2D eigenvalue weighted by Gasteiger charge is -2.39. The van der Waals surface area contributed by atoms with E-state index in [1.165, 1.54) is 12.1 Å². The van der Waals surface area contributed by atoms with Crippen LogP contribution >= 0.6 is 23.2 Å². The van der Waals surface area contributed by atoms with Crippen molar-refractivity contribution in [2.75, 3.05) is 56.9 Å². The van der Waals surface area contributed by atoms with Crippen LogP contribution in [0.15, 0.2) is 55.0 Å². The third kappa shape index (κ3) is 9.82. The number of nitrogens with two attached hydrogens (primary N) is 1. The zero-order chi connectivity index (χ0) is 44.2. The molecule has 0 unspecified atom stereocenters. The molecule has 1 atom stereocenters. The Morgan fingerprint density at radius 2 is 1.76 bits per heavy atom. The Hall–Kier alpha value is -5.58. The van der Waals surface area contributed by atoms with Crippen molar-refractivity contribution in [2.45, 2.75) is 76.3 Å². The molecule has 18 heteroatoms. The van der Waals surface area contributed by atoms with Crippen molar-refractivity contribution < 1.29 is 33.1 Å². The normalized spacial score (nSPS) is 18.4. The van der Waals surface area contributed by atoms with Crippen molar-refractivity contribution in [3.05, 3.63) is 87.5 Å². The number of anilines is 2. The van der Waals surface area contributed by atoms with Crippen molar-refractivity contribution in [1.29, 1.82) is 0 Å². The Morgan fingerprint density at radius 1 is 0.968 bits per heavy atom. The summed E-state index contributed by atoms with van der Waals surface area (Å²) < 4.78 is 21.8. The Labute approximate surface area is 374 Å². The Morgan fingerprint density at radius 3 is 2.56 bits per heavy atom. The van der Waals surface area contributed by atoms with Crippen molar-refractivity contribution in [1.82, 2.24) is 34.8 Å². The van der Waals surface area contributed by atoms with Gasteiger partial charge < -0.3 is 25.6 Å². The van der Waals surface area contributed by atoms with E-state index in [1.807, 2.05) is 15.8 Å². The lowest BCUT2D eigenvalue weighted by atomic mass is 9.98. The van der Waals surface area contributed by atoms with Crippen LogP contribution < -0.4 is 21.1 Å². The van der Waals surface area contributed by atoms with Crippen LogP contribution in [0.1, 0.15) is 90.1 Å². The third-order valence-corrected chi connectivity index (χ3v) is 13.2. The number of carbonyl (C=O) groups is 5. The molecular formula is C45H50Cl2FN9O6. The molecule has 332 valence electrons. The minimum atomic E-state index is -0.992. The highest BCUT2D eigenvalue weighted by Gasteiger charge is 2.45. The summed E-state index contributed by atoms with van der Waals surface area (Å²) in [5, 5.41) is 10.6. The quantitative estimate of drug-likeness (QED) is 0.0627. The van der Waals surface area contributed by atoms with Crippen molar-refractivity contribution in [3.63, 3.8) is 0 Å². The monoisotopic (exact) mass is 901 g/mol. The topological polar surface area (TPSA) is 185 Å². The first-order valence-electron chi connectivity index (χ1n) is 21.6. The molecule has 4 aliphatic heterocycles. The number of halogens is 3. The second-order valence-corrected chi connectivity index (χ2v) is 17.5. The Kier molecular flexibility index (Phi) is 13.6. The lowest BCUT2D eigenvalue weighted by molar-refractivity contribution is -0.136. The average molecular weight is 903 g/mol.